The van der Waals surface area contributed by atoms with Crippen molar-refractivity contribution in [3.8, 4) is 0 Å². The average Bonchev–Trinajstić information content (AvgIpc) is 3.05. The molecular weight excluding hydrogens is 664 g/mol. The van der Waals surface area contributed by atoms with Crippen molar-refractivity contribution in [3.05, 3.63) is 11.3 Å². The van der Waals surface area contributed by atoms with Gasteiger partial charge in [0.05, 0.1) is 41.5 Å². The van der Waals surface area contributed by atoms with Gasteiger partial charge in [-0.25, -0.2) is 0 Å². The lowest BCUT2D eigenvalue weighted by Gasteiger charge is -2.49. The van der Waals surface area contributed by atoms with Gasteiger partial charge in [0.2, 0.25) is 0 Å². The summed E-state index contributed by atoms with van der Waals surface area (Å²) in [5, 5.41) is 57.9. The Morgan fingerprint density at radius 2 is 1.59 bits per heavy atom. The van der Waals surface area contributed by atoms with Gasteiger partial charge in [0, 0.05) is 31.2 Å². The van der Waals surface area contributed by atoms with Crippen LogP contribution < -0.4 is 5.73 Å². The van der Waals surface area contributed by atoms with Gasteiger partial charge >= 0.3 is 5.97 Å². The number of allylic oxidation sites excluding steroid dienone is 1. The number of hydrogen-bond donors (Lipinski definition) is 6. The summed E-state index contributed by atoms with van der Waals surface area (Å²) >= 11 is 0. The summed E-state index contributed by atoms with van der Waals surface area (Å²) in [6, 6.07) is -0.297. The Hall–Kier alpha value is -1.43. The number of cyclic esters (lactones) is 1. The van der Waals surface area contributed by atoms with E-state index in [1.54, 1.807) is 55.4 Å². The first-order chi connectivity index (χ1) is 23.4. The van der Waals surface area contributed by atoms with E-state index in [2.05, 4.69) is 0 Å². The second-order valence-electron chi connectivity index (χ2n) is 16.4. The number of likely N-dealkylation sites (N-methyl/N-ethyl adjacent to an activating group) is 1. The monoisotopic (exact) mass is 732 g/mol. The molecule has 0 radical (unpaired) electrons. The first-order valence-electron chi connectivity index (χ1n) is 18.4. The summed E-state index contributed by atoms with van der Waals surface area (Å²) in [6.45, 7) is 16.9. The fourth-order valence-electron chi connectivity index (χ4n) is 8.28. The van der Waals surface area contributed by atoms with E-state index in [0.29, 0.717) is 6.42 Å². The van der Waals surface area contributed by atoms with E-state index in [0.717, 1.165) is 0 Å². The van der Waals surface area contributed by atoms with Crippen LogP contribution >= 0.6 is 0 Å². The van der Waals surface area contributed by atoms with Crippen molar-refractivity contribution in [2.75, 3.05) is 21.2 Å². The Balaban J connectivity index is 2.21. The molecular formula is C37H68N2O12. The molecule has 0 unspecified atom stereocenters. The molecule has 0 aromatic rings. The van der Waals surface area contributed by atoms with Gasteiger partial charge < -0.3 is 64.6 Å². The SMILES string of the molecule is CC[C@H]1OC(=O)[C@H](C)[C@H](O[C@@H]2C[C@](C)(OC)[C@H](O)[C@@H](C)O2)[C@@H](C)[C@H](O[C@@H]2O[C@H](C)C[C@H](N(C)C)[C@H]2O)[C@@](C)(O)C[C@H](C)C(N)=C(C)[C@@H](O)[C@@]1(C)O. The third-order valence-corrected chi connectivity index (χ3v) is 11.8. The summed E-state index contributed by atoms with van der Waals surface area (Å²) in [6.07, 6.45) is -9.00. The standard InChI is InChI=1S/C37H68N2O12/c1-14-25-37(10,45)30(41)20(4)27(38)18(2)16-35(8,44)32(51-34-28(40)24(39(11)12)15-19(3)47-34)21(5)29(22(6)33(43)49-25)50-26-17-36(9,46-13)31(42)23(7)48-26/h18-19,21-26,28-32,34,40-42,44-45H,14-17,38H2,1-13H3/t18-,19+,21+,22+,23+,24-,25+,26+,28+,29+,30+,31+,32-,34-,35-,36-,37-/m0/s1. The number of methoxy groups -OCH3 is 1. The summed E-state index contributed by atoms with van der Waals surface area (Å²) in [5.74, 6) is -3.07. The molecule has 2 saturated heterocycles. The molecule has 14 heteroatoms. The number of esters is 1. The van der Waals surface area contributed by atoms with Crippen LogP contribution in [-0.2, 0) is 33.2 Å². The lowest BCUT2D eigenvalue weighted by molar-refractivity contribution is -0.318. The highest BCUT2D eigenvalue weighted by Gasteiger charge is 2.52. The molecule has 0 aromatic carbocycles. The zero-order chi connectivity index (χ0) is 39.0. The molecule has 3 heterocycles. The summed E-state index contributed by atoms with van der Waals surface area (Å²) < 4.78 is 37.3. The van der Waals surface area contributed by atoms with Gasteiger partial charge in [0.25, 0.3) is 0 Å². The van der Waals surface area contributed by atoms with E-state index < -0.39 is 95.8 Å². The fraction of sp³-hybridized carbons (Fsp3) is 0.919. The van der Waals surface area contributed by atoms with Crippen molar-refractivity contribution in [2.45, 2.75) is 179 Å². The number of ether oxygens (including phenoxy) is 6. The maximum absolute atomic E-state index is 14.1. The molecule has 0 aliphatic carbocycles. The quantitative estimate of drug-likeness (QED) is 0.207. The van der Waals surface area contributed by atoms with Crippen LogP contribution in [0.3, 0.4) is 0 Å². The molecule has 17 atom stereocenters. The molecule has 0 saturated carbocycles. The molecule has 51 heavy (non-hydrogen) atoms. The average molecular weight is 733 g/mol. The fourth-order valence-corrected chi connectivity index (χ4v) is 8.28. The minimum absolute atomic E-state index is 0.0309. The highest BCUT2D eigenvalue weighted by Crippen LogP contribution is 2.41. The predicted octanol–water partition coefficient (Wildman–Crippen LogP) is 1.81. The molecule has 0 amide bonds. The lowest BCUT2D eigenvalue weighted by atomic mass is 9.76. The van der Waals surface area contributed by atoms with E-state index >= 15 is 0 Å². The summed E-state index contributed by atoms with van der Waals surface area (Å²) in [5.41, 5.74) is 2.53. The smallest absolute Gasteiger partial charge is 0.311 e. The van der Waals surface area contributed by atoms with Crippen molar-refractivity contribution < 1.29 is 58.7 Å². The van der Waals surface area contributed by atoms with Crippen molar-refractivity contribution in [3.63, 3.8) is 0 Å². The molecule has 3 aliphatic heterocycles. The van der Waals surface area contributed by atoms with Crippen LogP contribution in [0, 0.1) is 17.8 Å². The number of nitrogens with zero attached hydrogens (tertiary/aromatic N) is 1. The van der Waals surface area contributed by atoms with Gasteiger partial charge in [0.1, 0.15) is 30.0 Å². The van der Waals surface area contributed by atoms with Crippen molar-refractivity contribution >= 4 is 5.97 Å². The topological polar surface area (TPSA) is 203 Å². The molecule has 298 valence electrons. The Labute approximate surface area is 304 Å². The Morgan fingerprint density at radius 1 is 0.980 bits per heavy atom. The molecule has 2 fully saturated rings. The highest BCUT2D eigenvalue weighted by atomic mass is 16.7. The van der Waals surface area contributed by atoms with E-state index in [1.807, 2.05) is 25.9 Å². The van der Waals surface area contributed by atoms with E-state index in [9.17, 15) is 30.3 Å². The van der Waals surface area contributed by atoms with Crippen LogP contribution in [0.15, 0.2) is 11.3 Å². The van der Waals surface area contributed by atoms with Crippen molar-refractivity contribution in [2.24, 2.45) is 23.5 Å². The van der Waals surface area contributed by atoms with Gasteiger partial charge in [-0.05, 0) is 93.3 Å². The van der Waals surface area contributed by atoms with Crippen LogP contribution in [0.2, 0.25) is 0 Å². The molecule has 0 spiro atoms. The number of aliphatic hydroxyl groups is 5. The second-order valence-corrected chi connectivity index (χ2v) is 16.4. The summed E-state index contributed by atoms with van der Waals surface area (Å²) in [4.78, 5) is 16.0. The first-order valence-corrected chi connectivity index (χ1v) is 18.4. The molecule has 3 aliphatic rings. The zero-order valence-corrected chi connectivity index (χ0v) is 33.0. The van der Waals surface area contributed by atoms with Crippen molar-refractivity contribution in [1.82, 2.24) is 4.90 Å². The maximum Gasteiger partial charge on any atom is 0.311 e. The molecule has 14 nitrogen and oxygen atoms in total. The Bertz CT molecular complexity index is 1200. The third-order valence-electron chi connectivity index (χ3n) is 11.8. The van der Waals surface area contributed by atoms with Crippen LogP contribution in [0.25, 0.3) is 0 Å². The number of carbonyl (C=O) groups excluding carboxylic acids is 1. The van der Waals surface area contributed by atoms with Crippen LogP contribution in [0.5, 0.6) is 0 Å². The number of aliphatic hydroxyl groups excluding tert-OH is 3. The van der Waals surface area contributed by atoms with Crippen LogP contribution in [0.1, 0.15) is 94.9 Å². The highest BCUT2D eigenvalue weighted by molar-refractivity contribution is 5.73. The van der Waals surface area contributed by atoms with Gasteiger partial charge in [-0.1, -0.05) is 20.8 Å². The summed E-state index contributed by atoms with van der Waals surface area (Å²) in [7, 11) is 5.23. The van der Waals surface area contributed by atoms with Crippen LogP contribution in [-0.4, -0.2) is 142 Å². The second kappa shape index (κ2) is 16.9. The van der Waals surface area contributed by atoms with Crippen LogP contribution in [0.4, 0.5) is 0 Å². The Morgan fingerprint density at radius 3 is 2.14 bits per heavy atom. The number of hydrogen-bond acceptors (Lipinski definition) is 14. The minimum atomic E-state index is -1.91. The van der Waals surface area contributed by atoms with Gasteiger partial charge in [-0.15, -0.1) is 0 Å². The normalized spacial score (nSPS) is 48.3. The van der Waals surface area contributed by atoms with E-state index in [-0.39, 0.29) is 42.7 Å². The zero-order valence-electron chi connectivity index (χ0n) is 33.0. The van der Waals surface area contributed by atoms with E-state index in [4.69, 9.17) is 34.2 Å². The number of carbonyl (C=O) groups is 1. The lowest BCUT2D eigenvalue weighted by Crippen LogP contribution is -2.60. The molecule has 7 N–H and O–H groups in total. The van der Waals surface area contributed by atoms with E-state index in [1.165, 1.54) is 14.0 Å². The first kappa shape index (κ1) is 44.0. The number of rotatable bonds is 7. The Kier molecular flexibility index (Phi) is 14.6. The molecule has 0 aromatic heterocycles. The minimum Gasteiger partial charge on any atom is -0.459 e. The van der Waals surface area contributed by atoms with Gasteiger partial charge in [-0.3, -0.25) is 4.79 Å². The molecule has 0 bridgehead atoms. The third kappa shape index (κ3) is 9.45. The van der Waals surface area contributed by atoms with Gasteiger partial charge in [0.15, 0.2) is 12.6 Å². The van der Waals surface area contributed by atoms with Crippen molar-refractivity contribution in [1.29, 1.82) is 0 Å². The largest absolute Gasteiger partial charge is 0.459 e. The molecule has 3 rings (SSSR count). The number of nitrogens with two attached hydrogens (primary N) is 1. The van der Waals surface area contributed by atoms with Gasteiger partial charge in [-0.2, -0.15) is 0 Å². The predicted molar refractivity (Wildman–Crippen MR) is 189 cm³/mol. The maximum atomic E-state index is 14.1.